The highest BCUT2D eigenvalue weighted by Gasteiger charge is 2.22. The Hall–Kier alpha value is -1.64. The van der Waals surface area contributed by atoms with Gasteiger partial charge in [0.15, 0.2) is 5.78 Å². The van der Waals surface area contributed by atoms with Crippen LogP contribution in [0.4, 0.5) is 5.69 Å². The van der Waals surface area contributed by atoms with Crippen molar-refractivity contribution in [1.82, 2.24) is 0 Å². The maximum absolute atomic E-state index is 11.5. The summed E-state index contributed by atoms with van der Waals surface area (Å²) in [4.78, 5) is 22.7. The molecule has 3 heteroatoms. The molecule has 0 aliphatic carbocycles. The second-order valence-electron chi connectivity index (χ2n) is 3.34. The summed E-state index contributed by atoms with van der Waals surface area (Å²) in [6.07, 6.45) is 0.854. The number of fused-ring (bicyclic) bond motifs is 1. The minimum atomic E-state index is -0.0312. The molecule has 3 nitrogen and oxygen atoms in total. The molecule has 14 heavy (non-hydrogen) atoms. The van der Waals surface area contributed by atoms with Crippen molar-refractivity contribution in [2.24, 2.45) is 0 Å². The smallest absolute Gasteiger partial charge is 0.228 e. The number of amides is 1. The minimum absolute atomic E-state index is 0.0312. The fourth-order valence-corrected chi connectivity index (χ4v) is 1.67. The van der Waals surface area contributed by atoms with Gasteiger partial charge in [-0.15, -0.1) is 0 Å². The summed E-state index contributed by atoms with van der Waals surface area (Å²) in [6, 6.07) is 5.46. The van der Waals surface area contributed by atoms with Gasteiger partial charge < -0.3 is 5.32 Å². The molecule has 1 heterocycles. The van der Waals surface area contributed by atoms with Crippen LogP contribution in [0.3, 0.4) is 0 Å². The lowest BCUT2D eigenvalue weighted by Crippen LogP contribution is -2.07. The van der Waals surface area contributed by atoms with Crippen LogP contribution in [0, 0.1) is 0 Å². The Kier molecular flexibility index (Phi) is 2.08. The predicted molar refractivity (Wildman–Crippen MR) is 53.4 cm³/mol. The van der Waals surface area contributed by atoms with Crippen molar-refractivity contribution < 1.29 is 9.59 Å². The van der Waals surface area contributed by atoms with E-state index in [1.807, 2.05) is 19.1 Å². The average molecular weight is 189 g/mol. The number of nitrogens with one attached hydrogen (secondary N) is 1. The Balaban J connectivity index is 2.49. The molecule has 0 atom stereocenters. The molecule has 1 amide bonds. The quantitative estimate of drug-likeness (QED) is 0.721. The Labute approximate surface area is 82.1 Å². The molecule has 1 aliphatic heterocycles. The molecule has 2 rings (SSSR count). The number of benzene rings is 1. The lowest BCUT2D eigenvalue weighted by molar-refractivity contribution is -0.115. The Bertz CT molecular complexity index is 410. The number of Topliss-reactive ketones (excluding diaryl/α,β-unsaturated/α-hetero) is 1. The zero-order chi connectivity index (χ0) is 10.1. The number of anilines is 1. The first-order chi connectivity index (χ1) is 6.72. The summed E-state index contributed by atoms with van der Waals surface area (Å²) in [5, 5.41) is 2.72. The molecule has 0 saturated carbocycles. The Morgan fingerprint density at radius 2 is 2.29 bits per heavy atom. The lowest BCUT2D eigenvalue weighted by atomic mass is 10.0. The summed E-state index contributed by atoms with van der Waals surface area (Å²) in [5.74, 6) is 0.0420. The van der Waals surface area contributed by atoms with Crippen molar-refractivity contribution in [3.63, 3.8) is 0 Å². The van der Waals surface area contributed by atoms with Gasteiger partial charge in [-0.05, 0) is 11.6 Å². The van der Waals surface area contributed by atoms with Gasteiger partial charge in [-0.1, -0.05) is 19.1 Å². The molecule has 72 valence electrons. The van der Waals surface area contributed by atoms with Crippen molar-refractivity contribution in [3.05, 3.63) is 29.3 Å². The minimum Gasteiger partial charge on any atom is -0.325 e. The van der Waals surface area contributed by atoms with Gasteiger partial charge in [0, 0.05) is 12.0 Å². The number of ketones is 1. The van der Waals surface area contributed by atoms with Crippen LogP contribution in [0.25, 0.3) is 0 Å². The van der Waals surface area contributed by atoms with E-state index >= 15 is 0 Å². The standard InChI is InChI=1S/C11H11NO2/c1-2-9(13)8-5-3-4-7-6-10(14)12-11(7)8/h3-5H,2,6H2,1H3,(H,12,14). The second kappa shape index (κ2) is 3.25. The molecule has 0 fully saturated rings. The molecule has 0 aromatic heterocycles. The number of rotatable bonds is 2. The Morgan fingerprint density at radius 1 is 1.50 bits per heavy atom. The van der Waals surface area contributed by atoms with E-state index in [4.69, 9.17) is 0 Å². The van der Waals surface area contributed by atoms with E-state index in [1.165, 1.54) is 0 Å². The summed E-state index contributed by atoms with van der Waals surface area (Å²) in [5.41, 5.74) is 2.27. The molecule has 0 radical (unpaired) electrons. The van der Waals surface area contributed by atoms with Crippen molar-refractivity contribution in [1.29, 1.82) is 0 Å². The first-order valence-electron chi connectivity index (χ1n) is 4.67. The molecule has 1 aliphatic rings. The van der Waals surface area contributed by atoms with Gasteiger partial charge in [0.1, 0.15) is 0 Å². The van der Waals surface area contributed by atoms with Gasteiger partial charge in [0.25, 0.3) is 0 Å². The molecular weight excluding hydrogens is 178 g/mol. The predicted octanol–water partition coefficient (Wildman–Crippen LogP) is 1.77. The van der Waals surface area contributed by atoms with Gasteiger partial charge in [-0.2, -0.15) is 0 Å². The molecule has 0 spiro atoms. The maximum Gasteiger partial charge on any atom is 0.228 e. The summed E-state index contributed by atoms with van der Waals surface area (Å²) in [6.45, 7) is 1.82. The van der Waals surface area contributed by atoms with E-state index in [0.29, 0.717) is 24.1 Å². The highest BCUT2D eigenvalue weighted by Crippen LogP contribution is 2.27. The van der Waals surface area contributed by atoms with Gasteiger partial charge >= 0.3 is 0 Å². The number of carbonyl (C=O) groups excluding carboxylic acids is 2. The molecule has 0 unspecified atom stereocenters. The molecular formula is C11H11NO2. The van der Waals surface area contributed by atoms with Gasteiger partial charge in [-0.3, -0.25) is 9.59 Å². The van der Waals surface area contributed by atoms with E-state index in [0.717, 1.165) is 5.56 Å². The molecule has 1 aromatic carbocycles. The maximum atomic E-state index is 11.5. The molecule has 1 aromatic rings. The van der Waals surface area contributed by atoms with Crippen LogP contribution in [-0.2, 0) is 11.2 Å². The van der Waals surface area contributed by atoms with Crippen LogP contribution in [0.2, 0.25) is 0 Å². The first-order valence-corrected chi connectivity index (χ1v) is 4.67. The average Bonchev–Trinajstić information content (AvgIpc) is 2.56. The fourth-order valence-electron chi connectivity index (χ4n) is 1.67. The molecule has 0 saturated heterocycles. The van der Waals surface area contributed by atoms with Crippen LogP contribution < -0.4 is 5.32 Å². The SMILES string of the molecule is CCC(=O)c1cccc2c1NC(=O)C2. The van der Waals surface area contributed by atoms with E-state index in [2.05, 4.69) is 5.32 Å². The third kappa shape index (κ3) is 1.31. The third-order valence-electron chi connectivity index (χ3n) is 2.39. The highest BCUT2D eigenvalue weighted by molar-refractivity contribution is 6.09. The zero-order valence-corrected chi connectivity index (χ0v) is 7.96. The second-order valence-corrected chi connectivity index (χ2v) is 3.34. The van der Waals surface area contributed by atoms with Gasteiger partial charge in [-0.25, -0.2) is 0 Å². The van der Waals surface area contributed by atoms with Crippen LogP contribution in [-0.4, -0.2) is 11.7 Å². The van der Waals surface area contributed by atoms with E-state index in [-0.39, 0.29) is 11.7 Å². The largest absolute Gasteiger partial charge is 0.325 e. The van der Waals surface area contributed by atoms with Crippen molar-refractivity contribution in [3.8, 4) is 0 Å². The number of hydrogen-bond donors (Lipinski definition) is 1. The van der Waals surface area contributed by atoms with Crippen LogP contribution in [0.1, 0.15) is 29.3 Å². The number of hydrogen-bond acceptors (Lipinski definition) is 2. The molecule has 0 bridgehead atoms. The van der Waals surface area contributed by atoms with Gasteiger partial charge in [0.05, 0.1) is 12.1 Å². The van der Waals surface area contributed by atoms with Crippen molar-refractivity contribution in [2.75, 3.05) is 5.32 Å². The zero-order valence-electron chi connectivity index (χ0n) is 7.96. The lowest BCUT2D eigenvalue weighted by Gasteiger charge is -2.04. The topological polar surface area (TPSA) is 46.2 Å². The number of para-hydroxylation sites is 1. The van der Waals surface area contributed by atoms with Crippen LogP contribution in [0.5, 0.6) is 0 Å². The molecule has 1 N–H and O–H groups in total. The van der Waals surface area contributed by atoms with Crippen LogP contribution in [0.15, 0.2) is 18.2 Å². The van der Waals surface area contributed by atoms with Crippen LogP contribution >= 0.6 is 0 Å². The van der Waals surface area contributed by atoms with Gasteiger partial charge in [0.2, 0.25) is 5.91 Å². The third-order valence-corrected chi connectivity index (χ3v) is 2.39. The monoisotopic (exact) mass is 189 g/mol. The van der Waals surface area contributed by atoms with E-state index in [9.17, 15) is 9.59 Å². The van der Waals surface area contributed by atoms with Crippen molar-refractivity contribution >= 4 is 17.4 Å². The van der Waals surface area contributed by atoms with E-state index in [1.54, 1.807) is 6.07 Å². The first kappa shape index (κ1) is 8.94. The van der Waals surface area contributed by atoms with E-state index < -0.39 is 0 Å². The summed E-state index contributed by atoms with van der Waals surface area (Å²) >= 11 is 0. The van der Waals surface area contributed by atoms with Crippen molar-refractivity contribution in [2.45, 2.75) is 19.8 Å². The highest BCUT2D eigenvalue weighted by atomic mass is 16.2. The summed E-state index contributed by atoms with van der Waals surface area (Å²) in [7, 11) is 0. The summed E-state index contributed by atoms with van der Waals surface area (Å²) < 4.78 is 0. The number of carbonyl (C=O) groups is 2. The Morgan fingerprint density at radius 3 is 3.00 bits per heavy atom. The normalized spacial score (nSPS) is 13.6. The fraction of sp³-hybridized carbons (Fsp3) is 0.273.